The summed E-state index contributed by atoms with van der Waals surface area (Å²) in [6.07, 6.45) is 1.65. The van der Waals surface area contributed by atoms with Crippen molar-refractivity contribution in [1.82, 2.24) is 15.3 Å². The van der Waals surface area contributed by atoms with E-state index in [4.69, 9.17) is 13.9 Å². The summed E-state index contributed by atoms with van der Waals surface area (Å²) in [5, 5.41) is 7.72. The van der Waals surface area contributed by atoms with Crippen molar-refractivity contribution in [3.8, 4) is 0 Å². The Kier molecular flexibility index (Phi) is 2.74. The Morgan fingerprint density at radius 2 is 1.63 bits per heavy atom. The number of rotatable bonds is 1. The van der Waals surface area contributed by atoms with Crippen LogP contribution in [0.15, 0.2) is 15.3 Å². The minimum atomic E-state index is -0.576. The summed E-state index contributed by atoms with van der Waals surface area (Å²) in [6, 6.07) is 0. The Bertz CT molecular complexity index is 627. The molecule has 0 saturated carbocycles. The van der Waals surface area contributed by atoms with Crippen LogP contribution in [0.2, 0.25) is 0 Å². The van der Waals surface area contributed by atoms with Gasteiger partial charge in [0.15, 0.2) is 11.0 Å². The Labute approximate surface area is 119 Å². The van der Waals surface area contributed by atoms with Crippen LogP contribution in [0.3, 0.4) is 0 Å². The number of aromatic nitrogens is 3. The zero-order valence-corrected chi connectivity index (χ0v) is 12.7. The van der Waals surface area contributed by atoms with Crippen LogP contribution in [0.5, 0.6) is 0 Å². The molecule has 1 saturated heterocycles. The first-order chi connectivity index (χ1) is 8.82. The first kappa shape index (κ1) is 13.0. The predicted octanol–water partition coefficient (Wildman–Crippen LogP) is 1.68. The molecular weight excluding hydrogens is 313 g/mol. The summed E-state index contributed by atoms with van der Waals surface area (Å²) in [6.45, 7) is 7.96. The molecule has 0 atom stereocenters. The van der Waals surface area contributed by atoms with E-state index in [1.807, 2.05) is 27.7 Å². The third-order valence-electron chi connectivity index (χ3n) is 3.75. The van der Waals surface area contributed by atoms with Crippen LogP contribution in [0, 0.1) is 0 Å². The van der Waals surface area contributed by atoms with Crippen molar-refractivity contribution in [3.63, 3.8) is 0 Å². The standard InChI is InChI=1S/C11H13BBrN3O3/c1-10(2)11(3,4)18-12(17-10)9-8-7(15-19-16-8)6(13)5-14-9/h5H,1-4H3. The van der Waals surface area contributed by atoms with Gasteiger partial charge in [-0.1, -0.05) is 0 Å². The molecule has 100 valence electrons. The largest absolute Gasteiger partial charge is 0.517 e. The summed E-state index contributed by atoms with van der Waals surface area (Å²) < 4.78 is 17.4. The molecule has 1 fully saturated rings. The lowest BCUT2D eigenvalue weighted by Gasteiger charge is -2.32. The van der Waals surface area contributed by atoms with Crippen LogP contribution < -0.4 is 5.59 Å². The van der Waals surface area contributed by atoms with Crippen LogP contribution in [0.1, 0.15) is 27.7 Å². The van der Waals surface area contributed by atoms with Gasteiger partial charge in [0.2, 0.25) is 0 Å². The second kappa shape index (κ2) is 4.00. The van der Waals surface area contributed by atoms with E-state index in [2.05, 4.69) is 31.2 Å². The van der Waals surface area contributed by atoms with E-state index < -0.39 is 18.3 Å². The summed E-state index contributed by atoms with van der Waals surface area (Å²) in [4.78, 5) is 4.33. The lowest BCUT2D eigenvalue weighted by atomic mass is 9.83. The highest BCUT2D eigenvalue weighted by Crippen LogP contribution is 2.36. The molecule has 1 aliphatic rings. The number of pyridine rings is 1. The topological polar surface area (TPSA) is 70.3 Å². The molecule has 0 aromatic carbocycles. The molecular formula is C11H13BBrN3O3. The zero-order chi connectivity index (χ0) is 13.8. The maximum atomic E-state index is 5.96. The summed E-state index contributed by atoms with van der Waals surface area (Å²) in [5.41, 5.74) is 0.900. The number of nitrogens with zero attached hydrogens (tertiary/aromatic N) is 3. The van der Waals surface area contributed by atoms with Crippen molar-refractivity contribution in [2.45, 2.75) is 38.9 Å². The fourth-order valence-electron chi connectivity index (χ4n) is 1.89. The number of halogens is 1. The molecule has 0 radical (unpaired) electrons. The van der Waals surface area contributed by atoms with Crippen molar-refractivity contribution >= 4 is 39.7 Å². The monoisotopic (exact) mass is 325 g/mol. The van der Waals surface area contributed by atoms with E-state index in [1.54, 1.807) is 6.20 Å². The maximum absolute atomic E-state index is 5.96. The number of hydrogen-bond donors (Lipinski definition) is 0. The van der Waals surface area contributed by atoms with Gasteiger partial charge in [0, 0.05) is 6.20 Å². The highest BCUT2D eigenvalue weighted by molar-refractivity contribution is 9.10. The van der Waals surface area contributed by atoms with E-state index >= 15 is 0 Å². The number of hydrogen-bond acceptors (Lipinski definition) is 6. The average molecular weight is 326 g/mol. The SMILES string of the molecule is CC1(C)OB(c2ncc(Br)c3nonc23)OC1(C)C. The normalized spacial score (nSPS) is 21.2. The van der Waals surface area contributed by atoms with E-state index in [-0.39, 0.29) is 0 Å². The Morgan fingerprint density at radius 3 is 2.26 bits per heavy atom. The Balaban J connectivity index is 2.08. The predicted molar refractivity (Wildman–Crippen MR) is 73.0 cm³/mol. The molecule has 6 nitrogen and oxygen atoms in total. The second-order valence-electron chi connectivity index (χ2n) is 5.54. The molecule has 2 aromatic heterocycles. The van der Waals surface area contributed by atoms with Crippen molar-refractivity contribution in [3.05, 3.63) is 10.7 Å². The summed E-state index contributed by atoms with van der Waals surface area (Å²) >= 11 is 3.36. The molecule has 8 heteroatoms. The molecule has 2 aromatic rings. The molecule has 0 aliphatic carbocycles. The van der Waals surface area contributed by atoms with Crippen molar-refractivity contribution < 1.29 is 13.9 Å². The fraction of sp³-hybridized carbons (Fsp3) is 0.545. The average Bonchev–Trinajstić information content (AvgIpc) is 2.84. The quantitative estimate of drug-likeness (QED) is 0.743. The van der Waals surface area contributed by atoms with E-state index in [1.165, 1.54) is 0 Å². The molecule has 0 unspecified atom stereocenters. The van der Waals surface area contributed by atoms with Gasteiger partial charge in [-0.05, 0) is 53.9 Å². The van der Waals surface area contributed by atoms with E-state index in [0.717, 1.165) is 4.47 Å². The van der Waals surface area contributed by atoms with Crippen molar-refractivity contribution in [2.75, 3.05) is 0 Å². The van der Waals surface area contributed by atoms with Gasteiger partial charge in [0.1, 0.15) is 5.59 Å². The molecule has 1 aliphatic heterocycles. The Hall–Kier alpha value is -0.985. The smallest absolute Gasteiger partial charge is 0.398 e. The summed E-state index contributed by atoms with van der Waals surface area (Å²) in [5.74, 6) is 0. The first-order valence-electron chi connectivity index (χ1n) is 5.94. The lowest BCUT2D eigenvalue weighted by molar-refractivity contribution is 0.00578. The van der Waals surface area contributed by atoms with Crippen molar-refractivity contribution in [2.24, 2.45) is 0 Å². The van der Waals surface area contributed by atoms with Crippen molar-refractivity contribution in [1.29, 1.82) is 0 Å². The minimum absolute atomic E-state index is 0.421. The second-order valence-corrected chi connectivity index (χ2v) is 6.40. The van der Waals surface area contributed by atoms with Crippen LogP contribution in [0.25, 0.3) is 11.0 Å². The molecule has 3 heterocycles. The molecule has 3 rings (SSSR count). The van der Waals surface area contributed by atoms with Crippen LogP contribution in [-0.2, 0) is 9.31 Å². The van der Waals surface area contributed by atoms with Crippen LogP contribution in [-0.4, -0.2) is 33.6 Å². The third kappa shape index (κ3) is 1.89. The molecule has 19 heavy (non-hydrogen) atoms. The van der Waals surface area contributed by atoms with Crippen LogP contribution >= 0.6 is 15.9 Å². The van der Waals surface area contributed by atoms with Gasteiger partial charge >= 0.3 is 7.12 Å². The molecule has 0 bridgehead atoms. The third-order valence-corrected chi connectivity index (χ3v) is 4.33. The van der Waals surface area contributed by atoms with Gasteiger partial charge in [-0.3, -0.25) is 4.98 Å². The molecule has 0 N–H and O–H groups in total. The first-order valence-corrected chi connectivity index (χ1v) is 6.73. The van der Waals surface area contributed by atoms with Gasteiger partial charge in [-0.2, -0.15) is 0 Å². The zero-order valence-electron chi connectivity index (χ0n) is 11.1. The van der Waals surface area contributed by atoms with Gasteiger partial charge in [0.25, 0.3) is 0 Å². The van der Waals surface area contributed by atoms with Gasteiger partial charge in [-0.15, -0.1) is 0 Å². The van der Waals surface area contributed by atoms with Crippen LogP contribution in [0.4, 0.5) is 0 Å². The summed E-state index contributed by atoms with van der Waals surface area (Å²) in [7, 11) is -0.576. The van der Waals surface area contributed by atoms with E-state index in [0.29, 0.717) is 16.6 Å². The number of fused-ring (bicyclic) bond motifs is 1. The van der Waals surface area contributed by atoms with Gasteiger partial charge in [-0.25, -0.2) is 4.63 Å². The Morgan fingerprint density at radius 1 is 1.05 bits per heavy atom. The highest BCUT2D eigenvalue weighted by Gasteiger charge is 2.53. The maximum Gasteiger partial charge on any atom is 0.517 e. The van der Waals surface area contributed by atoms with Gasteiger partial charge < -0.3 is 9.31 Å². The molecule has 0 spiro atoms. The minimum Gasteiger partial charge on any atom is -0.398 e. The highest BCUT2D eigenvalue weighted by atomic mass is 79.9. The van der Waals surface area contributed by atoms with E-state index in [9.17, 15) is 0 Å². The lowest BCUT2D eigenvalue weighted by Crippen LogP contribution is -2.41. The molecule has 0 amide bonds. The fourth-order valence-corrected chi connectivity index (χ4v) is 2.25. The van der Waals surface area contributed by atoms with Gasteiger partial charge in [0.05, 0.1) is 15.7 Å².